The molecule has 0 saturated heterocycles. The molecular weight excluding hydrogens is 338 g/mol. The fourth-order valence-corrected chi connectivity index (χ4v) is 3.02. The van der Waals surface area contributed by atoms with Crippen LogP contribution in [0, 0.1) is 0 Å². The lowest BCUT2D eigenvalue weighted by molar-refractivity contribution is 0.171. The standard InChI is InChI=1S/C23H23NO3/c1-23(2,3)18-6-4-16(5-7-18)17-10-11-24-22(14-17)27-19-8-9-20-21(15-19)26-13-12-25-20/h4-11,14-15H,12-13H2,1-3H3. The zero-order chi connectivity index (χ0) is 18.9. The Morgan fingerprint density at radius 1 is 0.815 bits per heavy atom. The van der Waals surface area contributed by atoms with Crippen LogP contribution in [-0.4, -0.2) is 18.2 Å². The predicted molar refractivity (Wildman–Crippen MR) is 106 cm³/mol. The molecule has 2 aromatic carbocycles. The van der Waals surface area contributed by atoms with Crippen LogP contribution in [-0.2, 0) is 5.41 Å². The maximum atomic E-state index is 5.94. The van der Waals surface area contributed by atoms with Gasteiger partial charge in [-0.25, -0.2) is 4.98 Å². The third kappa shape index (κ3) is 3.90. The van der Waals surface area contributed by atoms with Crippen LogP contribution < -0.4 is 14.2 Å². The highest BCUT2D eigenvalue weighted by Gasteiger charge is 2.14. The van der Waals surface area contributed by atoms with Gasteiger partial charge in [-0.15, -0.1) is 0 Å². The summed E-state index contributed by atoms with van der Waals surface area (Å²) in [6.07, 6.45) is 1.76. The van der Waals surface area contributed by atoms with Crippen molar-refractivity contribution >= 4 is 0 Å². The number of fused-ring (bicyclic) bond motifs is 1. The molecule has 138 valence electrons. The summed E-state index contributed by atoms with van der Waals surface area (Å²) in [4.78, 5) is 4.33. The van der Waals surface area contributed by atoms with Crippen molar-refractivity contribution in [2.75, 3.05) is 13.2 Å². The fraction of sp³-hybridized carbons (Fsp3) is 0.261. The first kappa shape index (κ1) is 17.4. The molecule has 4 heteroatoms. The molecule has 0 aliphatic carbocycles. The van der Waals surface area contributed by atoms with E-state index >= 15 is 0 Å². The van der Waals surface area contributed by atoms with Crippen molar-refractivity contribution in [1.82, 2.24) is 4.98 Å². The molecule has 4 nitrogen and oxygen atoms in total. The van der Waals surface area contributed by atoms with Crippen molar-refractivity contribution in [3.63, 3.8) is 0 Å². The highest BCUT2D eigenvalue weighted by atomic mass is 16.6. The highest BCUT2D eigenvalue weighted by Crippen LogP contribution is 2.35. The smallest absolute Gasteiger partial charge is 0.219 e. The van der Waals surface area contributed by atoms with E-state index in [1.165, 1.54) is 5.56 Å². The fourth-order valence-electron chi connectivity index (χ4n) is 3.02. The number of nitrogens with zero attached hydrogens (tertiary/aromatic N) is 1. The Kier molecular flexibility index (Phi) is 4.48. The summed E-state index contributed by atoms with van der Waals surface area (Å²) in [6.45, 7) is 7.77. The molecule has 0 amide bonds. The molecule has 1 aromatic heterocycles. The van der Waals surface area contributed by atoms with Gasteiger partial charge in [-0.1, -0.05) is 45.0 Å². The molecule has 4 rings (SSSR count). The molecule has 0 spiro atoms. The maximum Gasteiger partial charge on any atom is 0.219 e. The van der Waals surface area contributed by atoms with Crippen LogP contribution in [0.4, 0.5) is 0 Å². The molecule has 1 aliphatic heterocycles. The normalized spacial score (nSPS) is 13.3. The van der Waals surface area contributed by atoms with Gasteiger partial charge in [-0.2, -0.15) is 0 Å². The van der Waals surface area contributed by atoms with Crippen LogP contribution in [0.3, 0.4) is 0 Å². The lowest BCUT2D eigenvalue weighted by atomic mass is 9.86. The van der Waals surface area contributed by atoms with Gasteiger partial charge < -0.3 is 14.2 Å². The summed E-state index contributed by atoms with van der Waals surface area (Å²) in [5.74, 6) is 2.66. The molecule has 0 atom stereocenters. The van der Waals surface area contributed by atoms with Gasteiger partial charge >= 0.3 is 0 Å². The van der Waals surface area contributed by atoms with Crippen LogP contribution in [0.1, 0.15) is 26.3 Å². The van der Waals surface area contributed by atoms with Crippen LogP contribution in [0.2, 0.25) is 0 Å². The summed E-state index contributed by atoms with van der Waals surface area (Å²) < 4.78 is 17.1. The van der Waals surface area contributed by atoms with Gasteiger partial charge in [0.1, 0.15) is 19.0 Å². The highest BCUT2D eigenvalue weighted by molar-refractivity contribution is 5.64. The predicted octanol–water partition coefficient (Wildman–Crippen LogP) is 5.61. The third-order valence-corrected chi connectivity index (χ3v) is 4.56. The first-order chi connectivity index (χ1) is 13.0. The van der Waals surface area contributed by atoms with E-state index in [-0.39, 0.29) is 5.41 Å². The van der Waals surface area contributed by atoms with Crippen molar-refractivity contribution < 1.29 is 14.2 Å². The molecule has 1 aliphatic rings. The Morgan fingerprint density at radius 2 is 1.56 bits per heavy atom. The second-order valence-corrected chi connectivity index (χ2v) is 7.62. The Hall–Kier alpha value is -3.01. The number of ether oxygens (including phenoxy) is 3. The van der Waals surface area contributed by atoms with Crippen LogP contribution in [0.5, 0.6) is 23.1 Å². The SMILES string of the molecule is CC(C)(C)c1ccc(-c2ccnc(Oc3ccc4c(c3)OCCO4)c2)cc1. The third-order valence-electron chi connectivity index (χ3n) is 4.56. The molecule has 0 unspecified atom stereocenters. The lowest BCUT2D eigenvalue weighted by Crippen LogP contribution is -2.15. The Morgan fingerprint density at radius 3 is 2.30 bits per heavy atom. The number of hydrogen-bond donors (Lipinski definition) is 0. The average molecular weight is 361 g/mol. The average Bonchev–Trinajstić information content (AvgIpc) is 2.68. The van der Waals surface area contributed by atoms with Gasteiger partial charge in [-0.05, 0) is 40.3 Å². The number of pyridine rings is 1. The van der Waals surface area contributed by atoms with Gasteiger partial charge in [0.25, 0.3) is 0 Å². The minimum absolute atomic E-state index is 0.142. The van der Waals surface area contributed by atoms with Crippen LogP contribution >= 0.6 is 0 Å². The zero-order valence-electron chi connectivity index (χ0n) is 15.9. The molecule has 0 saturated carbocycles. The molecule has 2 heterocycles. The number of aromatic nitrogens is 1. The van der Waals surface area contributed by atoms with Gasteiger partial charge in [-0.3, -0.25) is 0 Å². The van der Waals surface area contributed by atoms with Crippen molar-refractivity contribution in [2.45, 2.75) is 26.2 Å². The van der Waals surface area contributed by atoms with E-state index in [0.717, 1.165) is 16.9 Å². The van der Waals surface area contributed by atoms with Gasteiger partial charge in [0.15, 0.2) is 11.5 Å². The van der Waals surface area contributed by atoms with Crippen LogP contribution in [0.15, 0.2) is 60.8 Å². The van der Waals surface area contributed by atoms with Crippen molar-refractivity contribution in [2.24, 2.45) is 0 Å². The topological polar surface area (TPSA) is 40.6 Å². The molecule has 0 radical (unpaired) electrons. The minimum atomic E-state index is 0.142. The molecule has 3 aromatic rings. The van der Waals surface area contributed by atoms with Crippen molar-refractivity contribution in [1.29, 1.82) is 0 Å². The lowest BCUT2D eigenvalue weighted by Gasteiger charge is -2.19. The first-order valence-corrected chi connectivity index (χ1v) is 9.13. The quantitative estimate of drug-likeness (QED) is 0.608. The summed E-state index contributed by atoms with van der Waals surface area (Å²) in [6, 6.07) is 18.1. The molecule has 0 bridgehead atoms. The molecule has 0 fully saturated rings. The second-order valence-electron chi connectivity index (χ2n) is 7.62. The van der Waals surface area contributed by atoms with Gasteiger partial charge in [0.2, 0.25) is 5.88 Å². The maximum absolute atomic E-state index is 5.94. The number of benzene rings is 2. The Balaban J connectivity index is 1.56. The van der Waals surface area contributed by atoms with Crippen molar-refractivity contribution in [3.05, 3.63) is 66.4 Å². The minimum Gasteiger partial charge on any atom is -0.486 e. The number of rotatable bonds is 3. The molecule has 27 heavy (non-hydrogen) atoms. The Bertz CT molecular complexity index is 943. The van der Waals surface area contributed by atoms with E-state index in [0.29, 0.717) is 30.6 Å². The summed E-state index contributed by atoms with van der Waals surface area (Å²) in [5.41, 5.74) is 3.66. The molecule has 0 N–H and O–H groups in total. The first-order valence-electron chi connectivity index (χ1n) is 9.13. The van der Waals surface area contributed by atoms with E-state index < -0.39 is 0 Å². The Labute approximate surface area is 159 Å². The molecular formula is C23H23NO3. The monoisotopic (exact) mass is 361 g/mol. The summed E-state index contributed by atoms with van der Waals surface area (Å²) >= 11 is 0. The van der Waals surface area contributed by atoms with Crippen LogP contribution in [0.25, 0.3) is 11.1 Å². The summed E-state index contributed by atoms with van der Waals surface area (Å²) in [7, 11) is 0. The largest absolute Gasteiger partial charge is 0.486 e. The van der Waals surface area contributed by atoms with Crippen molar-refractivity contribution in [3.8, 4) is 34.3 Å². The zero-order valence-corrected chi connectivity index (χ0v) is 15.9. The second kappa shape index (κ2) is 6.95. The van der Waals surface area contributed by atoms with E-state index in [2.05, 4.69) is 50.0 Å². The van der Waals surface area contributed by atoms with E-state index in [1.807, 2.05) is 30.3 Å². The van der Waals surface area contributed by atoms with E-state index in [4.69, 9.17) is 14.2 Å². The van der Waals surface area contributed by atoms with Gasteiger partial charge in [0, 0.05) is 18.3 Å². The number of hydrogen-bond acceptors (Lipinski definition) is 4. The summed E-state index contributed by atoms with van der Waals surface area (Å²) in [5, 5.41) is 0. The van der Waals surface area contributed by atoms with E-state index in [9.17, 15) is 0 Å². The van der Waals surface area contributed by atoms with Gasteiger partial charge in [0.05, 0.1) is 0 Å². The van der Waals surface area contributed by atoms with E-state index in [1.54, 1.807) is 6.20 Å².